The van der Waals surface area contributed by atoms with Crippen molar-refractivity contribution in [1.29, 1.82) is 0 Å². The first-order valence-corrected chi connectivity index (χ1v) is 9.67. The summed E-state index contributed by atoms with van der Waals surface area (Å²) in [4.78, 5) is 14.7. The SMILES string of the molecule is CC(C)(C)c1ccc2c(c1)CN(C(=O)C1(O)CCSCC1)CC2. The number of carbonyl (C=O) groups excluding carboxylic acids is 1. The summed E-state index contributed by atoms with van der Waals surface area (Å²) in [6, 6.07) is 6.67. The molecule has 0 radical (unpaired) electrons. The molecule has 0 bridgehead atoms. The van der Waals surface area contributed by atoms with Crippen LogP contribution in [0.15, 0.2) is 18.2 Å². The van der Waals surface area contributed by atoms with Crippen LogP contribution < -0.4 is 0 Å². The Morgan fingerprint density at radius 1 is 1.22 bits per heavy atom. The number of hydrogen-bond acceptors (Lipinski definition) is 3. The maximum atomic E-state index is 12.8. The Labute approximate surface area is 143 Å². The lowest BCUT2D eigenvalue weighted by atomic mass is 9.84. The number of carbonyl (C=O) groups is 1. The second-order valence-corrected chi connectivity index (χ2v) is 9.08. The largest absolute Gasteiger partial charge is 0.380 e. The normalized spacial score (nSPS) is 21.0. The van der Waals surface area contributed by atoms with Crippen molar-refractivity contribution in [1.82, 2.24) is 4.90 Å². The predicted octanol–water partition coefficient (Wildman–Crippen LogP) is 3.13. The Morgan fingerprint density at radius 2 is 1.91 bits per heavy atom. The zero-order chi connectivity index (χ0) is 16.7. The van der Waals surface area contributed by atoms with Gasteiger partial charge in [-0.3, -0.25) is 4.79 Å². The van der Waals surface area contributed by atoms with Crippen molar-refractivity contribution in [3.8, 4) is 0 Å². The topological polar surface area (TPSA) is 40.5 Å². The van der Waals surface area contributed by atoms with Gasteiger partial charge in [-0.25, -0.2) is 0 Å². The van der Waals surface area contributed by atoms with Crippen molar-refractivity contribution in [2.24, 2.45) is 0 Å². The molecule has 0 atom stereocenters. The summed E-state index contributed by atoms with van der Waals surface area (Å²) >= 11 is 1.82. The standard InChI is InChI=1S/C19H27NO2S/c1-18(2,3)16-5-4-14-6-9-20(13-15(14)12-16)17(21)19(22)7-10-23-11-8-19/h4-5,12,22H,6-11,13H2,1-3H3. The Kier molecular flexibility index (Phi) is 4.49. The van der Waals surface area contributed by atoms with Gasteiger partial charge in [-0.05, 0) is 52.9 Å². The highest BCUT2D eigenvalue weighted by molar-refractivity contribution is 7.99. The molecule has 2 aliphatic rings. The highest BCUT2D eigenvalue weighted by Crippen LogP contribution is 2.32. The predicted molar refractivity (Wildman–Crippen MR) is 95.8 cm³/mol. The number of nitrogens with zero attached hydrogens (tertiary/aromatic N) is 1. The van der Waals surface area contributed by atoms with Crippen LogP contribution in [0.4, 0.5) is 0 Å². The molecule has 3 nitrogen and oxygen atoms in total. The third kappa shape index (κ3) is 3.43. The maximum absolute atomic E-state index is 12.8. The van der Waals surface area contributed by atoms with Crippen LogP contribution in [0.2, 0.25) is 0 Å². The summed E-state index contributed by atoms with van der Waals surface area (Å²) in [5.41, 5.74) is 2.86. The van der Waals surface area contributed by atoms with Crippen LogP contribution in [-0.4, -0.2) is 39.6 Å². The van der Waals surface area contributed by atoms with Gasteiger partial charge in [-0.2, -0.15) is 11.8 Å². The molecular formula is C19H27NO2S. The molecule has 2 aliphatic heterocycles. The Bertz CT molecular complexity index is 600. The summed E-state index contributed by atoms with van der Waals surface area (Å²) in [5.74, 6) is 1.69. The van der Waals surface area contributed by atoms with E-state index in [1.165, 1.54) is 16.7 Å². The molecule has 0 saturated carbocycles. The number of rotatable bonds is 1. The van der Waals surface area contributed by atoms with Crippen molar-refractivity contribution in [3.63, 3.8) is 0 Å². The van der Waals surface area contributed by atoms with E-state index in [0.29, 0.717) is 19.4 Å². The van der Waals surface area contributed by atoms with E-state index in [2.05, 4.69) is 39.0 Å². The number of aliphatic hydroxyl groups is 1. The van der Waals surface area contributed by atoms with Gasteiger partial charge in [-0.15, -0.1) is 0 Å². The second kappa shape index (κ2) is 6.14. The lowest BCUT2D eigenvalue weighted by molar-refractivity contribution is -0.153. The minimum absolute atomic E-state index is 0.0652. The fourth-order valence-corrected chi connectivity index (χ4v) is 4.58. The van der Waals surface area contributed by atoms with Gasteiger partial charge in [0.15, 0.2) is 0 Å². The van der Waals surface area contributed by atoms with Crippen LogP contribution in [-0.2, 0) is 23.2 Å². The molecule has 1 saturated heterocycles. The van der Waals surface area contributed by atoms with Gasteiger partial charge >= 0.3 is 0 Å². The lowest BCUT2D eigenvalue weighted by Gasteiger charge is -2.38. The van der Waals surface area contributed by atoms with Gasteiger partial charge in [0.25, 0.3) is 5.91 Å². The summed E-state index contributed by atoms with van der Waals surface area (Å²) < 4.78 is 0. The van der Waals surface area contributed by atoms with Crippen LogP contribution in [0, 0.1) is 0 Å². The monoisotopic (exact) mass is 333 g/mol. The maximum Gasteiger partial charge on any atom is 0.254 e. The minimum Gasteiger partial charge on any atom is -0.380 e. The van der Waals surface area contributed by atoms with E-state index >= 15 is 0 Å². The number of fused-ring (bicyclic) bond motifs is 1. The molecule has 1 amide bonds. The highest BCUT2D eigenvalue weighted by Gasteiger charge is 2.41. The van der Waals surface area contributed by atoms with Gasteiger partial charge < -0.3 is 10.0 Å². The quantitative estimate of drug-likeness (QED) is 0.858. The first kappa shape index (κ1) is 16.8. The molecule has 4 heteroatoms. The average molecular weight is 333 g/mol. The van der Waals surface area contributed by atoms with E-state index in [1.54, 1.807) is 0 Å². The fourth-order valence-electron chi connectivity index (χ4n) is 3.41. The molecule has 3 rings (SSSR count). The number of thioether (sulfide) groups is 1. The summed E-state index contributed by atoms with van der Waals surface area (Å²) in [7, 11) is 0. The average Bonchev–Trinajstić information content (AvgIpc) is 2.53. The smallest absolute Gasteiger partial charge is 0.254 e. The zero-order valence-electron chi connectivity index (χ0n) is 14.4. The van der Waals surface area contributed by atoms with E-state index < -0.39 is 5.60 Å². The van der Waals surface area contributed by atoms with Crippen LogP contribution in [0.5, 0.6) is 0 Å². The highest BCUT2D eigenvalue weighted by atomic mass is 32.2. The van der Waals surface area contributed by atoms with E-state index in [0.717, 1.165) is 24.5 Å². The molecule has 0 aromatic heterocycles. The van der Waals surface area contributed by atoms with Crippen LogP contribution in [0.3, 0.4) is 0 Å². The number of amides is 1. The van der Waals surface area contributed by atoms with E-state index in [-0.39, 0.29) is 11.3 Å². The third-order valence-corrected chi connectivity index (χ3v) is 6.08. The Morgan fingerprint density at radius 3 is 2.57 bits per heavy atom. The molecule has 1 aromatic carbocycles. The summed E-state index contributed by atoms with van der Waals surface area (Å²) in [6.45, 7) is 7.98. The first-order chi connectivity index (χ1) is 10.8. The molecule has 2 heterocycles. The van der Waals surface area contributed by atoms with Crippen LogP contribution in [0.1, 0.15) is 50.3 Å². The molecule has 126 valence electrons. The van der Waals surface area contributed by atoms with E-state index in [9.17, 15) is 9.90 Å². The van der Waals surface area contributed by atoms with E-state index in [4.69, 9.17) is 0 Å². The molecule has 0 aliphatic carbocycles. The molecule has 0 unspecified atom stereocenters. The molecule has 1 aromatic rings. The Hall–Kier alpha value is -1.000. The number of benzene rings is 1. The van der Waals surface area contributed by atoms with Gasteiger partial charge in [-0.1, -0.05) is 39.0 Å². The van der Waals surface area contributed by atoms with Crippen LogP contribution >= 0.6 is 11.8 Å². The second-order valence-electron chi connectivity index (χ2n) is 7.85. The van der Waals surface area contributed by atoms with Crippen LogP contribution in [0.25, 0.3) is 0 Å². The van der Waals surface area contributed by atoms with Crippen molar-refractivity contribution in [3.05, 3.63) is 34.9 Å². The Balaban J connectivity index is 1.80. The van der Waals surface area contributed by atoms with E-state index in [1.807, 2.05) is 16.7 Å². The van der Waals surface area contributed by atoms with Crippen molar-refractivity contribution >= 4 is 17.7 Å². The third-order valence-electron chi connectivity index (χ3n) is 5.09. The van der Waals surface area contributed by atoms with Gasteiger partial charge in [0.2, 0.25) is 0 Å². The molecule has 0 spiro atoms. The van der Waals surface area contributed by atoms with Gasteiger partial charge in [0.05, 0.1) is 0 Å². The van der Waals surface area contributed by atoms with Crippen molar-refractivity contribution in [2.45, 2.75) is 57.6 Å². The van der Waals surface area contributed by atoms with Crippen molar-refractivity contribution in [2.75, 3.05) is 18.1 Å². The molecule has 1 N–H and O–H groups in total. The lowest BCUT2D eigenvalue weighted by Crippen LogP contribution is -2.52. The van der Waals surface area contributed by atoms with Crippen molar-refractivity contribution < 1.29 is 9.90 Å². The fraction of sp³-hybridized carbons (Fsp3) is 0.632. The number of hydrogen-bond donors (Lipinski definition) is 1. The van der Waals surface area contributed by atoms with Gasteiger partial charge in [0.1, 0.15) is 5.60 Å². The van der Waals surface area contributed by atoms with Gasteiger partial charge in [0, 0.05) is 13.1 Å². The summed E-state index contributed by atoms with van der Waals surface area (Å²) in [6.07, 6.45) is 2.06. The summed E-state index contributed by atoms with van der Waals surface area (Å²) in [5, 5.41) is 10.7. The molecule has 23 heavy (non-hydrogen) atoms. The zero-order valence-corrected chi connectivity index (χ0v) is 15.2. The molecule has 1 fully saturated rings. The first-order valence-electron chi connectivity index (χ1n) is 8.51. The molecular weight excluding hydrogens is 306 g/mol. The minimum atomic E-state index is -1.13.